The van der Waals surface area contributed by atoms with Crippen molar-refractivity contribution >= 4 is 61.0 Å². The van der Waals surface area contributed by atoms with Crippen LogP contribution < -0.4 is 0 Å². The summed E-state index contributed by atoms with van der Waals surface area (Å²) in [5.41, 5.74) is 0.844. The Kier molecular flexibility index (Phi) is 2.76. The topological polar surface area (TPSA) is 12.9 Å². The molecule has 13 heavy (non-hydrogen) atoms. The molecule has 0 amide bonds. The molecule has 0 atom stereocenters. The molecule has 1 nitrogen and oxygen atoms in total. The number of halogens is 3. The van der Waals surface area contributed by atoms with Gasteiger partial charge in [0.15, 0.2) is 0 Å². The Morgan fingerprint density at radius 3 is 2.92 bits per heavy atom. The summed E-state index contributed by atoms with van der Waals surface area (Å²) < 4.78 is 2.13. The molecule has 4 heteroatoms. The van der Waals surface area contributed by atoms with Crippen LogP contribution in [-0.2, 0) is 0 Å². The van der Waals surface area contributed by atoms with Crippen molar-refractivity contribution < 1.29 is 0 Å². The van der Waals surface area contributed by atoms with E-state index in [1.165, 1.54) is 0 Å². The fourth-order valence-corrected chi connectivity index (χ4v) is 2.23. The highest BCUT2D eigenvalue weighted by Gasteiger charge is 2.03. The zero-order valence-electron chi connectivity index (χ0n) is 6.39. The van der Waals surface area contributed by atoms with Crippen LogP contribution in [0.1, 0.15) is 0 Å². The maximum absolute atomic E-state index is 6.00. The van der Waals surface area contributed by atoms with Gasteiger partial charge in [0.1, 0.15) is 0 Å². The fraction of sp³-hybridized carbons (Fsp3) is 0. The highest BCUT2D eigenvalue weighted by Crippen LogP contribution is 2.29. The SMILES string of the molecule is Clc1ccc(Br)c2cc(I)cnc12. The van der Waals surface area contributed by atoms with Crippen LogP contribution in [0.3, 0.4) is 0 Å². The largest absolute Gasteiger partial charge is 0.254 e. The second kappa shape index (κ2) is 3.71. The quantitative estimate of drug-likeness (QED) is 0.634. The molecule has 0 radical (unpaired) electrons. The van der Waals surface area contributed by atoms with Gasteiger partial charge in [0.25, 0.3) is 0 Å². The predicted octanol–water partition coefficient (Wildman–Crippen LogP) is 4.26. The van der Waals surface area contributed by atoms with Gasteiger partial charge in [-0.3, -0.25) is 4.98 Å². The van der Waals surface area contributed by atoms with Gasteiger partial charge in [0.2, 0.25) is 0 Å². The van der Waals surface area contributed by atoms with E-state index in [1.54, 1.807) is 6.20 Å². The average molecular weight is 368 g/mol. The van der Waals surface area contributed by atoms with Crippen molar-refractivity contribution in [2.24, 2.45) is 0 Å². The number of pyridine rings is 1. The molecule has 0 aliphatic carbocycles. The van der Waals surface area contributed by atoms with Crippen LogP contribution >= 0.6 is 50.1 Å². The van der Waals surface area contributed by atoms with Gasteiger partial charge in [-0.25, -0.2) is 0 Å². The number of nitrogens with zero attached hydrogens (tertiary/aromatic N) is 1. The molecule has 1 heterocycles. The van der Waals surface area contributed by atoms with Crippen LogP contribution in [0.2, 0.25) is 5.02 Å². The van der Waals surface area contributed by atoms with Crippen molar-refractivity contribution in [3.05, 3.63) is 37.5 Å². The molecule has 2 aromatic rings. The summed E-state index contributed by atoms with van der Waals surface area (Å²) in [7, 11) is 0. The minimum atomic E-state index is 0.689. The molecule has 2 rings (SSSR count). The monoisotopic (exact) mass is 367 g/mol. The number of hydrogen-bond donors (Lipinski definition) is 0. The van der Waals surface area contributed by atoms with E-state index in [2.05, 4.69) is 49.6 Å². The normalized spacial score (nSPS) is 10.7. The molecule has 0 saturated carbocycles. The third-order valence-electron chi connectivity index (χ3n) is 1.71. The van der Waals surface area contributed by atoms with Crippen LogP contribution in [0.15, 0.2) is 28.9 Å². The van der Waals surface area contributed by atoms with Crippen LogP contribution in [-0.4, -0.2) is 4.98 Å². The number of fused-ring (bicyclic) bond motifs is 1. The minimum Gasteiger partial charge on any atom is -0.254 e. The van der Waals surface area contributed by atoms with Crippen LogP contribution in [0.4, 0.5) is 0 Å². The molecule has 0 saturated heterocycles. The van der Waals surface area contributed by atoms with Crippen LogP contribution in [0.5, 0.6) is 0 Å². The lowest BCUT2D eigenvalue weighted by molar-refractivity contribution is 1.38. The van der Waals surface area contributed by atoms with E-state index in [0.717, 1.165) is 18.9 Å². The summed E-state index contributed by atoms with van der Waals surface area (Å²) in [5.74, 6) is 0. The third-order valence-corrected chi connectivity index (χ3v) is 3.30. The van der Waals surface area contributed by atoms with Crippen molar-refractivity contribution in [2.45, 2.75) is 0 Å². The first-order chi connectivity index (χ1) is 6.18. The van der Waals surface area contributed by atoms with Crippen molar-refractivity contribution in [1.82, 2.24) is 4.98 Å². The molecular weight excluding hydrogens is 364 g/mol. The average Bonchev–Trinajstić information content (AvgIpc) is 2.12. The molecule has 0 aliphatic heterocycles. The Bertz CT molecular complexity index is 472. The molecule has 0 unspecified atom stereocenters. The summed E-state index contributed by atoms with van der Waals surface area (Å²) in [6.45, 7) is 0. The van der Waals surface area contributed by atoms with Crippen LogP contribution in [0.25, 0.3) is 10.9 Å². The van der Waals surface area contributed by atoms with Gasteiger partial charge in [-0.15, -0.1) is 0 Å². The predicted molar refractivity (Wildman–Crippen MR) is 67.2 cm³/mol. The Labute approximate surface area is 103 Å². The Morgan fingerprint density at radius 2 is 2.15 bits per heavy atom. The molecule has 0 aliphatic rings. The van der Waals surface area contributed by atoms with Gasteiger partial charge >= 0.3 is 0 Å². The van der Waals surface area contributed by atoms with Crippen LogP contribution in [0, 0.1) is 3.57 Å². The van der Waals surface area contributed by atoms with Gasteiger partial charge in [0, 0.05) is 19.6 Å². The molecule has 66 valence electrons. The first-order valence-electron chi connectivity index (χ1n) is 3.58. The molecule has 0 fully saturated rings. The van der Waals surface area contributed by atoms with Crippen molar-refractivity contribution in [3.8, 4) is 0 Å². The molecule has 1 aromatic carbocycles. The Balaban J connectivity index is 2.92. The lowest BCUT2D eigenvalue weighted by Gasteiger charge is -2.01. The summed E-state index contributed by atoms with van der Waals surface area (Å²) in [6.07, 6.45) is 1.81. The second-order valence-corrected chi connectivity index (χ2v) is 5.09. The summed E-state index contributed by atoms with van der Waals surface area (Å²) in [4.78, 5) is 4.27. The van der Waals surface area contributed by atoms with E-state index in [4.69, 9.17) is 11.6 Å². The van der Waals surface area contributed by atoms with Gasteiger partial charge < -0.3 is 0 Å². The van der Waals surface area contributed by atoms with E-state index in [9.17, 15) is 0 Å². The van der Waals surface area contributed by atoms with Crippen molar-refractivity contribution in [2.75, 3.05) is 0 Å². The smallest absolute Gasteiger partial charge is 0.0900 e. The highest BCUT2D eigenvalue weighted by molar-refractivity contribution is 14.1. The first-order valence-corrected chi connectivity index (χ1v) is 5.83. The number of hydrogen-bond acceptors (Lipinski definition) is 1. The van der Waals surface area contributed by atoms with Gasteiger partial charge in [-0.2, -0.15) is 0 Å². The Morgan fingerprint density at radius 1 is 1.38 bits per heavy atom. The number of rotatable bonds is 0. The zero-order chi connectivity index (χ0) is 9.42. The molecule has 0 N–H and O–H groups in total. The Hall–Kier alpha value is 0.130. The lowest BCUT2D eigenvalue weighted by atomic mass is 10.2. The van der Waals surface area contributed by atoms with Gasteiger partial charge in [0.05, 0.1) is 10.5 Å². The maximum Gasteiger partial charge on any atom is 0.0900 e. The lowest BCUT2D eigenvalue weighted by Crippen LogP contribution is -1.82. The van der Waals surface area contributed by atoms with E-state index < -0.39 is 0 Å². The number of aromatic nitrogens is 1. The first kappa shape index (κ1) is 9.68. The number of benzene rings is 1. The van der Waals surface area contributed by atoms with Gasteiger partial charge in [-0.1, -0.05) is 27.5 Å². The van der Waals surface area contributed by atoms with E-state index in [-0.39, 0.29) is 0 Å². The minimum absolute atomic E-state index is 0.689. The second-order valence-electron chi connectivity index (χ2n) is 2.58. The molecular formula is C9H4BrClIN. The van der Waals surface area contributed by atoms with E-state index in [0.29, 0.717) is 5.02 Å². The summed E-state index contributed by atoms with van der Waals surface area (Å²) >= 11 is 11.7. The molecule has 1 aromatic heterocycles. The van der Waals surface area contributed by atoms with Crippen molar-refractivity contribution in [1.29, 1.82) is 0 Å². The molecule has 0 bridgehead atoms. The van der Waals surface area contributed by atoms with E-state index >= 15 is 0 Å². The van der Waals surface area contributed by atoms with Gasteiger partial charge in [-0.05, 0) is 40.8 Å². The standard InChI is InChI=1S/C9H4BrClIN/c10-7-1-2-8(11)9-6(7)3-5(12)4-13-9/h1-4H. The van der Waals surface area contributed by atoms with E-state index in [1.807, 2.05) is 12.1 Å². The summed E-state index contributed by atoms with van der Waals surface area (Å²) in [5, 5.41) is 1.74. The highest BCUT2D eigenvalue weighted by atomic mass is 127. The maximum atomic E-state index is 6.00. The third kappa shape index (κ3) is 1.82. The molecule has 0 spiro atoms. The zero-order valence-corrected chi connectivity index (χ0v) is 10.9. The van der Waals surface area contributed by atoms with Crippen molar-refractivity contribution in [3.63, 3.8) is 0 Å². The fourth-order valence-electron chi connectivity index (χ4n) is 1.13. The summed E-state index contributed by atoms with van der Waals surface area (Å²) in [6, 6.07) is 5.83.